The lowest BCUT2D eigenvalue weighted by molar-refractivity contribution is -0.0493. The average Bonchev–Trinajstić information content (AvgIpc) is 2.34. The van der Waals surface area contributed by atoms with E-state index in [4.69, 9.17) is 4.74 Å². The Morgan fingerprint density at radius 3 is 2.58 bits per heavy atom. The minimum absolute atomic E-state index is 0.152. The van der Waals surface area contributed by atoms with E-state index in [1.54, 1.807) is 18.2 Å². The first-order valence-corrected chi connectivity index (χ1v) is 6.45. The van der Waals surface area contributed by atoms with Crippen molar-refractivity contribution in [1.82, 2.24) is 0 Å². The number of alkyl halides is 2. The van der Waals surface area contributed by atoms with Crippen molar-refractivity contribution in [1.29, 1.82) is 0 Å². The molecule has 3 nitrogen and oxygen atoms in total. The molecule has 0 unspecified atom stereocenters. The van der Waals surface area contributed by atoms with Gasteiger partial charge < -0.3 is 14.8 Å². The summed E-state index contributed by atoms with van der Waals surface area (Å²) in [6, 6.07) is 6.63. The van der Waals surface area contributed by atoms with E-state index in [0.29, 0.717) is 31.4 Å². The van der Waals surface area contributed by atoms with Crippen LogP contribution in [-0.2, 0) is 4.74 Å². The van der Waals surface area contributed by atoms with Crippen LogP contribution in [0, 0.1) is 5.92 Å². The van der Waals surface area contributed by atoms with Crippen LogP contribution in [0.25, 0.3) is 0 Å². The third kappa shape index (κ3) is 6.96. The second kappa shape index (κ2) is 8.69. The number of rotatable bonds is 9. The van der Waals surface area contributed by atoms with E-state index >= 15 is 0 Å². The van der Waals surface area contributed by atoms with E-state index in [9.17, 15) is 8.78 Å². The van der Waals surface area contributed by atoms with Crippen molar-refractivity contribution in [3.63, 3.8) is 0 Å². The fourth-order valence-corrected chi connectivity index (χ4v) is 1.49. The molecule has 0 radical (unpaired) electrons. The predicted molar refractivity (Wildman–Crippen MR) is 71.8 cm³/mol. The van der Waals surface area contributed by atoms with Crippen LogP contribution in [0.3, 0.4) is 0 Å². The van der Waals surface area contributed by atoms with Crippen LogP contribution in [0.2, 0.25) is 0 Å². The van der Waals surface area contributed by atoms with Gasteiger partial charge in [0.1, 0.15) is 5.75 Å². The Hall–Kier alpha value is -1.36. The van der Waals surface area contributed by atoms with Gasteiger partial charge in [0.2, 0.25) is 0 Å². The summed E-state index contributed by atoms with van der Waals surface area (Å²) in [5.41, 5.74) is 0.551. The van der Waals surface area contributed by atoms with Crippen LogP contribution < -0.4 is 10.1 Å². The number of para-hydroxylation sites is 2. The topological polar surface area (TPSA) is 30.5 Å². The first-order valence-electron chi connectivity index (χ1n) is 6.45. The second-order valence-electron chi connectivity index (χ2n) is 4.60. The summed E-state index contributed by atoms with van der Waals surface area (Å²) in [4.78, 5) is 0. The van der Waals surface area contributed by atoms with Gasteiger partial charge in [0.25, 0.3) is 0 Å². The van der Waals surface area contributed by atoms with Gasteiger partial charge in [-0.2, -0.15) is 8.78 Å². The molecule has 0 saturated heterocycles. The van der Waals surface area contributed by atoms with Gasteiger partial charge in [0.05, 0.1) is 12.3 Å². The lowest BCUT2D eigenvalue weighted by Gasteiger charge is -2.12. The molecular formula is C14H21F2NO2. The summed E-state index contributed by atoms with van der Waals surface area (Å²) in [5.74, 6) is 0.771. The SMILES string of the molecule is CC(C)CCOCCNc1ccccc1OC(F)F. The molecule has 0 spiro atoms. The zero-order valence-electron chi connectivity index (χ0n) is 11.4. The number of hydrogen-bond donors (Lipinski definition) is 1. The summed E-state index contributed by atoms with van der Waals surface area (Å²) in [6.07, 6.45) is 1.02. The van der Waals surface area contributed by atoms with E-state index in [1.807, 2.05) is 0 Å². The first kappa shape index (κ1) is 15.7. The molecular weight excluding hydrogens is 252 g/mol. The summed E-state index contributed by atoms with van der Waals surface area (Å²) >= 11 is 0. The lowest BCUT2D eigenvalue weighted by Crippen LogP contribution is -2.12. The van der Waals surface area contributed by atoms with Crippen molar-refractivity contribution >= 4 is 5.69 Å². The quantitative estimate of drug-likeness (QED) is 0.695. The molecule has 108 valence electrons. The highest BCUT2D eigenvalue weighted by Gasteiger charge is 2.08. The Bertz CT molecular complexity index is 359. The Morgan fingerprint density at radius 1 is 1.16 bits per heavy atom. The van der Waals surface area contributed by atoms with Crippen molar-refractivity contribution in [3.05, 3.63) is 24.3 Å². The second-order valence-corrected chi connectivity index (χ2v) is 4.60. The van der Waals surface area contributed by atoms with Crippen molar-refractivity contribution < 1.29 is 18.3 Å². The molecule has 0 fully saturated rings. The minimum atomic E-state index is -2.81. The standard InChI is InChI=1S/C14H21F2NO2/c1-11(2)7-9-18-10-8-17-12-5-3-4-6-13(12)19-14(15)16/h3-6,11,14,17H,7-10H2,1-2H3. The van der Waals surface area contributed by atoms with E-state index in [1.165, 1.54) is 6.07 Å². The maximum absolute atomic E-state index is 12.2. The third-order valence-electron chi connectivity index (χ3n) is 2.50. The highest BCUT2D eigenvalue weighted by molar-refractivity contribution is 5.56. The summed E-state index contributed by atoms with van der Waals surface area (Å²) in [5, 5.41) is 3.02. The monoisotopic (exact) mass is 273 g/mol. The number of halogens is 2. The van der Waals surface area contributed by atoms with Crippen LogP contribution in [-0.4, -0.2) is 26.4 Å². The van der Waals surface area contributed by atoms with Gasteiger partial charge in [0.15, 0.2) is 0 Å². The maximum atomic E-state index is 12.2. The van der Waals surface area contributed by atoms with Gasteiger partial charge in [-0.1, -0.05) is 26.0 Å². The molecule has 0 aliphatic carbocycles. The number of ether oxygens (including phenoxy) is 2. The molecule has 0 bridgehead atoms. The summed E-state index contributed by atoms with van der Waals surface area (Å²) in [7, 11) is 0. The van der Waals surface area contributed by atoms with Crippen LogP contribution in [0.1, 0.15) is 20.3 Å². The zero-order chi connectivity index (χ0) is 14.1. The molecule has 0 atom stereocenters. The smallest absolute Gasteiger partial charge is 0.387 e. The molecule has 1 N–H and O–H groups in total. The van der Waals surface area contributed by atoms with E-state index in [-0.39, 0.29) is 5.75 Å². The van der Waals surface area contributed by atoms with Gasteiger partial charge in [-0.25, -0.2) is 0 Å². The van der Waals surface area contributed by atoms with Gasteiger partial charge in [-0.15, -0.1) is 0 Å². The average molecular weight is 273 g/mol. The first-order chi connectivity index (χ1) is 9.09. The van der Waals surface area contributed by atoms with Crippen molar-refractivity contribution in [3.8, 4) is 5.75 Å². The molecule has 5 heteroatoms. The number of hydrogen-bond acceptors (Lipinski definition) is 3. The molecule has 19 heavy (non-hydrogen) atoms. The van der Waals surface area contributed by atoms with E-state index < -0.39 is 6.61 Å². The Morgan fingerprint density at radius 2 is 1.89 bits per heavy atom. The molecule has 0 aliphatic heterocycles. The molecule has 0 amide bonds. The normalized spacial score (nSPS) is 11.1. The Balaban J connectivity index is 2.28. The van der Waals surface area contributed by atoms with Crippen molar-refractivity contribution in [2.75, 3.05) is 25.1 Å². The van der Waals surface area contributed by atoms with Crippen molar-refractivity contribution in [2.45, 2.75) is 26.9 Å². The third-order valence-corrected chi connectivity index (χ3v) is 2.50. The molecule has 0 heterocycles. The van der Waals surface area contributed by atoms with Gasteiger partial charge in [-0.05, 0) is 24.5 Å². The summed E-state index contributed by atoms with van der Waals surface area (Å²) < 4.78 is 34.2. The van der Waals surface area contributed by atoms with Gasteiger partial charge >= 0.3 is 6.61 Å². The molecule has 1 aromatic carbocycles. The molecule has 1 aromatic rings. The fourth-order valence-electron chi connectivity index (χ4n) is 1.49. The number of nitrogens with one attached hydrogen (secondary N) is 1. The van der Waals surface area contributed by atoms with Crippen LogP contribution in [0.5, 0.6) is 5.75 Å². The van der Waals surface area contributed by atoms with Gasteiger partial charge in [0, 0.05) is 13.2 Å². The predicted octanol–water partition coefficient (Wildman–Crippen LogP) is 3.76. The number of benzene rings is 1. The summed E-state index contributed by atoms with van der Waals surface area (Å²) in [6.45, 7) is 3.27. The largest absolute Gasteiger partial charge is 0.433 e. The van der Waals surface area contributed by atoms with Crippen LogP contribution in [0.4, 0.5) is 14.5 Å². The van der Waals surface area contributed by atoms with E-state index in [0.717, 1.165) is 6.42 Å². The van der Waals surface area contributed by atoms with Crippen molar-refractivity contribution in [2.24, 2.45) is 5.92 Å². The molecule has 0 aromatic heterocycles. The maximum Gasteiger partial charge on any atom is 0.387 e. The van der Waals surface area contributed by atoms with Crippen LogP contribution in [0.15, 0.2) is 24.3 Å². The fraction of sp³-hybridized carbons (Fsp3) is 0.571. The zero-order valence-corrected chi connectivity index (χ0v) is 11.4. The Kier molecular flexibility index (Phi) is 7.18. The lowest BCUT2D eigenvalue weighted by atomic mass is 10.1. The highest BCUT2D eigenvalue weighted by Crippen LogP contribution is 2.25. The Labute approximate surface area is 112 Å². The molecule has 0 saturated carbocycles. The minimum Gasteiger partial charge on any atom is -0.433 e. The molecule has 0 aliphatic rings. The highest BCUT2D eigenvalue weighted by atomic mass is 19.3. The van der Waals surface area contributed by atoms with Gasteiger partial charge in [-0.3, -0.25) is 0 Å². The van der Waals surface area contributed by atoms with E-state index in [2.05, 4.69) is 23.9 Å². The van der Waals surface area contributed by atoms with Crippen LogP contribution >= 0.6 is 0 Å². The number of anilines is 1. The molecule has 1 rings (SSSR count).